The van der Waals surface area contributed by atoms with Crippen LogP contribution >= 0.6 is 0 Å². The molecule has 0 aliphatic heterocycles. The summed E-state index contributed by atoms with van der Waals surface area (Å²) in [6, 6.07) is 9.61. The van der Waals surface area contributed by atoms with Crippen LogP contribution in [-0.4, -0.2) is 30.5 Å². The lowest BCUT2D eigenvalue weighted by Crippen LogP contribution is -2.57. The third-order valence-electron chi connectivity index (χ3n) is 5.47. The van der Waals surface area contributed by atoms with Gasteiger partial charge in [0, 0.05) is 0 Å². The first-order valence-corrected chi connectivity index (χ1v) is 9.19. The summed E-state index contributed by atoms with van der Waals surface area (Å²) in [5.74, 6) is -3.05. The molecule has 0 radical (unpaired) electrons. The molecule has 3 unspecified atom stereocenters. The Kier molecular flexibility index (Phi) is 6.13. The van der Waals surface area contributed by atoms with Crippen molar-refractivity contribution in [3.8, 4) is 11.1 Å². The second-order valence-electron chi connectivity index (χ2n) is 7.36. The van der Waals surface area contributed by atoms with Gasteiger partial charge in [0.2, 0.25) is 0 Å². The number of halogens is 8. The Morgan fingerprint density at radius 2 is 1.47 bits per heavy atom. The molecule has 9 heteroatoms. The number of hydrogen-bond donors (Lipinski definition) is 0. The van der Waals surface area contributed by atoms with Gasteiger partial charge in [0.1, 0.15) is 30.1 Å². The number of hydrogen-bond acceptors (Lipinski definition) is 1. The summed E-state index contributed by atoms with van der Waals surface area (Å²) in [6.07, 6.45) is -14.5. The van der Waals surface area contributed by atoms with E-state index in [1.165, 1.54) is 12.1 Å². The summed E-state index contributed by atoms with van der Waals surface area (Å²) in [5.41, 5.74) is -3.69. The lowest BCUT2D eigenvalue weighted by molar-refractivity contribution is -0.360. The van der Waals surface area contributed by atoms with Gasteiger partial charge in [0.15, 0.2) is 5.67 Å². The molecule has 1 saturated carbocycles. The molecular weight excluding hydrogens is 420 g/mol. The van der Waals surface area contributed by atoms with Gasteiger partial charge in [-0.1, -0.05) is 30.3 Å². The van der Waals surface area contributed by atoms with Gasteiger partial charge in [0.05, 0.1) is 5.56 Å². The van der Waals surface area contributed by atoms with Crippen molar-refractivity contribution in [2.45, 2.75) is 56.2 Å². The Labute approximate surface area is 167 Å². The Balaban J connectivity index is 1.86. The smallest absolute Gasteiger partial charge is 0.285 e. The number of alkyl halides is 6. The lowest BCUT2D eigenvalue weighted by atomic mass is 9.72. The zero-order valence-corrected chi connectivity index (χ0v) is 15.7. The van der Waals surface area contributed by atoms with E-state index in [0.29, 0.717) is 6.92 Å². The average Bonchev–Trinajstić information content (AvgIpc) is 2.64. The van der Waals surface area contributed by atoms with E-state index in [1.54, 1.807) is 18.2 Å². The van der Waals surface area contributed by atoms with Gasteiger partial charge in [-0.25, -0.2) is 22.0 Å². The molecule has 0 spiro atoms. The second-order valence-corrected chi connectivity index (χ2v) is 7.36. The van der Waals surface area contributed by atoms with Crippen molar-refractivity contribution < 1.29 is 39.9 Å². The molecule has 0 heterocycles. The summed E-state index contributed by atoms with van der Waals surface area (Å²) in [5, 5.41) is 0. The molecule has 0 bridgehead atoms. The third-order valence-corrected chi connectivity index (χ3v) is 5.47. The van der Waals surface area contributed by atoms with Crippen LogP contribution in [0.4, 0.5) is 35.1 Å². The Bertz CT molecular complexity index is 847. The van der Waals surface area contributed by atoms with Crippen molar-refractivity contribution in [2.24, 2.45) is 0 Å². The molecule has 2 aromatic carbocycles. The first-order chi connectivity index (χ1) is 13.9. The number of benzene rings is 2. The van der Waals surface area contributed by atoms with Gasteiger partial charge in [-0.3, -0.25) is 4.74 Å². The van der Waals surface area contributed by atoms with Crippen molar-refractivity contribution in [2.75, 3.05) is 0 Å². The molecule has 1 nitrogen and oxygen atoms in total. The SMILES string of the molecule is CC(OC(F)(F)F)C1(F)C(F)CC(c2cc(F)c(-c3ccccc3)c(F)c2)CC1F. The molecule has 3 rings (SSSR count). The highest BCUT2D eigenvalue weighted by Gasteiger charge is 2.58. The number of rotatable bonds is 4. The standard InChI is InChI=1S/C21H18F8O/c1-11(30-21(27,28)29)20(26)17(24)9-14(10-18(20)25)13-7-15(22)19(16(23)8-13)12-5-3-2-4-6-12/h2-8,11,14,17-18H,9-10H2,1H3. The van der Waals surface area contributed by atoms with Gasteiger partial charge >= 0.3 is 6.36 Å². The fourth-order valence-electron chi connectivity index (χ4n) is 3.93. The molecule has 1 aliphatic carbocycles. The van der Waals surface area contributed by atoms with Gasteiger partial charge in [-0.2, -0.15) is 0 Å². The van der Waals surface area contributed by atoms with E-state index >= 15 is 0 Å². The molecule has 0 saturated heterocycles. The maximum absolute atomic E-state index is 14.9. The van der Waals surface area contributed by atoms with Gasteiger partial charge in [0.25, 0.3) is 0 Å². The summed E-state index contributed by atoms with van der Waals surface area (Å²) >= 11 is 0. The number of ether oxygens (including phenoxy) is 1. The highest BCUT2D eigenvalue weighted by atomic mass is 19.4. The summed E-state index contributed by atoms with van der Waals surface area (Å²) in [4.78, 5) is 0. The second kappa shape index (κ2) is 8.17. The lowest BCUT2D eigenvalue weighted by Gasteiger charge is -2.42. The molecule has 3 atom stereocenters. The topological polar surface area (TPSA) is 9.23 Å². The van der Waals surface area contributed by atoms with E-state index in [-0.39, 0.29) is 16.7 Å². The first-order valence-electron chi connectivity index (χ1n) is 9.19. The van der Waals surface area contributed by atoms with Gasteiger partial charge in [-0.15, -0.1) is 13.2 Å². The van der Waals surface area contributed by atoms with Crippen LogP contribution in [0.2, 0.25) is 0 Å². The Morgan fingerprint density at radius 3 is 1.93 bits per heavy atom. The molecule has 0 amide bonds. The Hall–Kier alpha value is -2.16. The predicted molar refractivity (Wildman–Crippen MR) is 94.0 cm³/mol. The molecule has 164 valence electrons. The molecule has 30 heavy (non-hydrogen) atoms. The maximum atomic E-state index is 14.9. The van der Waals surface area contributed by atoms with Crippen LogP contribution in [0, 0.1) is 11.6 Å². The Morgan fingerprint density at radius 1 is 0.967 bits per heavy atom. The van der Waals surface area contributed by atoms with Crippen molar-refractivity contribution in [3.05, 3.63) is 59.7 Å². The van der Waals surface area contributed by atoms with E-state index in [9.17, 15) is 35.1 Å². The minimum atomic E-state index is -5.27. The molecule has 0 N–H and O–H groups in total. The van der Waals surface area contributed by atoms with Crippen LogP contribution in [0.15, 0.2) is 42.5 Å². The van der Waals surface area contributed by atoms with Crippen LogP contribution in [0.1, 0.15) is 31.2 Å². The highest BCUT2D eigenvalue weighted by Crippen LogP contribution is 2.47. The van der Waals surface area contributed by atoms with Crippen LogP contribution < -0.4 is 0 Å². The van der Waals surface area contributed by atoms with E-state index in [4.69, 9.17) is 0 Å². The van der Waals surface area contributed by atoms with Gasteiger partial charge in [-0.05, 0) is 48.9 Å². The summed E-state index contributed by atoms with van der Waals surface area (Å²) in [7, 11) is 0. The first kappa shape index (κ1) is 22.5. The van der Waals surface area contributed by atoms with Crippen molar-refractivity contribution >= 4 is 0 Å². The molecular formula is C21H18F8O. The zero-order valence-electron chi connectivity index (χ0n) is 15.7. The monoisotopic (exact) mass is 438 g/mol. The largest absolute Gasteiger partial charge is 0.522 e. The van der Waals surface area contributed by atoms with Gasteiger partial charge < -0.3 is 0 Å². The van der Waals surface area contributed by atoms with Crippen molar-refractivity contribution in [3.63, 3.8) is 0 Å². The summed E-state index contributed by atoms with van der Waals surface area (Å²) < 4.78 is 114. The zero-order chi connectivity index (χ0) is 22.3. The van der Waals surface area contributed by atoms with E-state index < -0.39 is 60.9 Å². The van der Waals surface area contributed by atoms with E-state index in [2.05, 4.69) is 4.74 Å². The molecule has 0 aromatic heterocycles. The molecule has 1 fully saturated rings. The maximum Gasteiger partial charge on any atom is 0.522 e. The molecule has 1 aliphatic rings. The molecule has 2 aromatic rings. The normalized spacial score (nSPS) is 28.4. The third kappa shape index (κ3) is 4.31. The predicted octanol–water partition coefficient (Wildman–Crippen LogP) is 6.82. The fourth-order valence-corrected chi connectivity index (χ4v) is 3.93. The summed E-state index contributed by atoms with van der Waals surface area (Å²) in [6.45, 7) is 0.598. The fraction of sp³-hybridized carbons (Fsp3) is 0.429. The average molecular weight is 438 g/mol. The van der Waals surface area contributed by atoms with Crippen LogP contribution in [0.3, 0.4) is 0 Å². The highest BCUT2D eigenvalue weighted by molar-refractivity contribution is 5.65. The van der Waals surface area contributed by atoms with E-state index in [0.717, 1.165) is 12.1 Å². The van der Waals surface area contributed by atoms with Crippen LogP contribution in [-0.2, 0) is 4.74 Å². The van der Waals surface area contributed by atoms with Crippen molar-refractivity contribution in [1.29, 1.82) is 0 Å². The minimum Gasteiger partial charge on any atom is -0.285 e. The van der Waals surface area contributed by atoms with E-state index in [1.807, 2.05) is 0 Å². The van der Waals surface area contributed by atoms with Crippen molar-refractivity contribution in [1.82, 2.24) is 0 Å². The quantitative estimate of drug-likeness (QED) is 0.476. The minimum absolute atomic E-state index is 0.0959. The van der Waals surface area contributed by atoms with Crippen LogP contribution in [0.25, 0.3) is 11.1 Å². The van der Waals surface area contributed by atoms with Crippen LogP contribution in [0.5, 0.6) is 0 Å².